The zero-order chi connectivity index (χ0) is 17.9. The molecule has 8 nitrogen and oxygen atoms in total. The highest BCUT2D eigenvalue weighted by molar-refractivity contribution is 5.94. The minimum atomic E-state index is 0.531. The van der Waals surface area contributed by atoms with Crippen LogP contribution in [-0.4, -0.2) is 57.9 Å². The van der Waals surface area contributed by atoms with Crippen molar-refractivity contribution in [1.29, 1.82) is 0 Å². The smallest absolute Gasteiger partial charge is 0.204 e. The number of H-pyrrole nitrogens is 1. The van der Waals surface area contributed by atoms with Gasteiger partial charge in [-0.1, -0.05) is 5.16 Å². The third kappa shape index (κ3) is 3.27. The second-order valence-corrected chi connectivity index (χ2v) is 6.16. The van der Waals surface area contributed by atoms with Crippen molar-refractivity contribution in [3.05, 3.63) is 42.5 Å². The molecular formula is C18H18N6O2. The zero-order valence-corrected chi connectivity index (χ0v) is 14.5. The van der Waals surface area contributed by atoms with Gasteiger partial charge in [0.2, 0.25) is 5.82 Å². The molecule has 4 rings (SSSR count). The summed E-state index contributed by atoms with van der Waals surface area (Å²) in [6, 6.07) is 13.5. The molecule has 2 heterocycles. The summed E-state index contributed by atoms with van der Waals surface area (Å²) in [4.78, 5) is 2.08. The van der Waals surface area contributed by atoms with Gasteiger partial charge in [-0.15, -0.1) is 10.2 Å². The van der Waals surface area contributed by atoms with E-state index in [1.54, 1.807) is 0 Å². The van der Waals surface area contributed by atoms with Crippen molar-refractivity contribution < 1.29 is 9.26 Å². The monoisotopic (exact) mass is 350 g/mol. The molecule has 0 aliphatic heterocycles. The van der Waals surface area contributed by atoms with E-state index < -0.39 is 0 Å². The van der Waals surface area contributed by atoms with E-state index in [0.29, 0.717) is 18.2 Å². The number of ether oxygens (including phenoxy) is 1. The van der Waals surface area contributed by atoms with Gasteiger partial charge < -0.3 is 14.2 Å². The first-order chi connectivity index (χ1) is 12.7. The second kappa shape index (κ2) is 6.93. The zero-order valence-electron chi connectivity index (χ0n) is 14.5. The number of hydrogen-bond donors (Lipinski definition) is 1. The average Bonchev–Trinajstić information content (AvgIpc) is 3.31. The van der Waals surface area contributed by atoms with Crippen LogP contribution in [0.25, 0.3) is 33.6 Å². The molecule has 0 spiro atoms. The van der Waals surface area contributed by atoms with E-state index >= 15 is 0 Å². The molecule has 8 heteroatoms. The molecule has 2 aromatic heterocycles. The molecule has 0 radical (unpaired) electrons. The molecule has 0 aliphatic rings. The number of aromatic amines is 1. The molecule has 4 aromatic rings. The highest BCUT2D eigenvalue weighted by Gasteiger charge is 2.13. The summed E-state index contributed by atoms with van der Waals surface area (Å²) >= 11 is 0. The highest BCUT2D eigenvalue weighted by atomic mass is 16.5. The van der Waals surface area contributed by atoms with Gasteiger partial charge in [0.1, 0.15) is 17.9 Å². The van der Waals surface area contributed by atoms with Crippen LogP contribution in [0.1, 0.15) is 0 Å². The Morgan fingerprint density at radius 2 is 1.88 bits per heavy atom. The summed E-state index contributed by atoms with van der Waals surface area (Å²) in [6.07, 6.45) is 0. The predicted molar refractivity (Wildman–Crippen MR) is 96.7 cm³/mol. The molecule has 0 fully saturated rings. The lowest BCUT2D eigenvalue weighted by molar-refractivity contribution is 0.261. The Labute approximate surface area is 149 Å². The minimum absolute atomic E-state index is 0.531. The number of rotatable bonds is 6. The normalized spacial score (nSPS) is 11.3. The maximum Gasteiger partial charge on any atom is 0.204 e. The van der Waals surface area contributed by atoms with Crippen molar-refractivity contribution in [3.8, 4) is 28.5 Å². The highest BCUT2D eigenvalue weighted by Crippen LogP contribution is 2.32. The lowest BCUT2D eigenvalue weighted by Crippen LogP contribution is -2.19. The molecule has 0 unspecified atom stereocenters. The number of nitrogens with zero attached hydrogens (tertiary/aromatic N) is 5. The number of fused-ring (bicyclic) bond motifs is 1. The van der Waals surface area contributed by atoms with Crippen LogP contribution in [0.2, 0.25) is 0 Å². The lowest BCUT2D eigenvalue weighted by Gasteiger charge is -2.11. The second-order valence-electron chi connectivity index (χ2n) is 6.16. The van der Waals surface area contributed by atoms with Gasteiger partial charge in [-0.05, 0) is 61.8 Å². The van der Waals surface area contributed by atoms with Crippen LogP contribution in [0, 0.1) is 0 Å². The maximum atomic E-state index is 5.73. The van der Waals surface area contributed by atoms with Gasteiger partial charge >= 0.3 is 0 Å². The Kier molecular flexibility index (Phi) is 4.32. The number of hydrogen-bond acceptors (Lipinski definition) is 7. The molecule has 0 saturated heterocycles. The SMILES string of the molecule is CN(C)CCOc1ccc(-c2onc3ccc(-c4nn[nH]n4)cc23)cc1. The van der Waals surface area contributed by atoms with Crippen LogP contribution in [0.5, 0.6) is 5.75 Å². The Morgan fingerprint density at radius 1 is 1.08 bits per heavy atom. The summed E-state index contributed by atoms with van der Waals surface area (Å²) in [5, 5.41) is 19.1. The van der Waals surface area contributed by atoms with Gasteiger partial charge in [-0.25, -0.2) is 0 Å². The summed E-state index contributed by atoms with van der Waals surface area (Å²) in [6.45, 7) is 1.51. The van der Waals surface area contributed by atoms with Crippen molar-refractivity contribution >= 4 is 10.9 Å². The van der Waals surface area contributed by atoms with E-state index in [1.165, 1.54) is 0 Å². The Morgan fingerprint density at radius 3 is 2.62 bits per heavy atom. The Hall–Kier alpha value is -3.26. The fourth-order valence-corrected chi connectivity index (χ4v) is 2.62. The Bertz CT molecular complexity index is 992. The van der Waals surface area contributed by atoms with Gasteiger partial charge in [0, 0.05) is 17.7 Å². The van der Waals surface area contributed by atoms with Crippen LogP contribution >= 0.6 is 0 Å². The number of aromatic nitrogens is 5. The van der Waals surface area contributed by atoms with E-state index in [1.807, 2.05) is 56.6 Å². The van der Waals surface area contributed by atoms with Crippen molar-refractivity contribution in [2.45, 2.75) is 0 Å². The minimum Gasteiger partial charge on any atom is -0.492 e. The Balaban J connectivity index is 1.61. The molecule has 132 valence electrons. The topological polar surface area (TPSA) is 93.0 Å². The summed E-state index contributed by atoms with van der Waals surface area (Å²) in [7, 11) is 4.04. The summed E-state index contributed by atoms with van der Waals surface area (Å²) < 4.78 is 11.3. The van der Waals surface area contributed by atoms with Crippen LogP contribution in [0.15, 0.2) is 47.0 Å². The fraction of sp³-hybridized carbons (Fsp3) is 0.222. The van der Waals surface area contributed by atoms with Crippen LogP contribution < -0.4 is 4.74 Å². The molecule has 0 saturated carbocycles. The number of likely N-dealkylation sites (N-methyl/N-ethyl adjacent to an activating group) is 1. The summed E-state index contributed by atoms with van der Waals surface area (Å²) in [5.74, 6) is 2.06. The first-order valence-corrected chi connectivity index (χ1v) is 8.22. The van der Waals surface area contributed by atoms with E-state index in [-0.39, 0.29) is 0 Å². The van der Waals surface area contributed by atoms with Crippen LogP contribution in [0.3, 0.4) is 0 Å². The van der Waals surface area contributed by atoms with Gasteiger partial charge in [0.15, 0.2) is 5.76 Å². The van der Waals surface area contributed by atoms with Crippen LogP contribution in [0.4, 0.5) is 0 Å². The van der Waals surface area contributed by atoms with E-state index in [0.717, 1.165) is 34.3 Å². The molecular weight excluding hydrogens is 332 g/mol. The fourth-order valence-electron chi connectivity index (χ4n) is 2.62. The molecule has 0 atom stereocenters. The third-order valence-electron chi connectivity index (χ3n) is 4.00. The molecule has 1 N–H and O–H groups in total. The van der Waals surface area contributed by atoms with Gasteiger partial charge in [-0.3, -0.25) is 0 Å². The molecule has 0 amide bonds. The third-order valence-corrected chi connectivity index (χ3v) is 4.00. The maximum absolute atomic E-state index is 5.73. The van der Waals surface area contributed by atoms with E-state index in [9.17, 15) is 0 Å². The number of tetrazole rings is 1. The largest absolute Gasteiger partial charge is 0.492 e. The number of benzene rings is 2. The van der Waals surface area contributed by atoms with E-state index in [2.05, 4.69) is 30.7 Å². The molecule has 26 heavy (non-hydrogen) atoms. The quantitative estimate of drug-likeness (QED) is 0.571. The lowest BCUT2D eigenvalue weighted by atomic mass is 10.1. The summed E-state index contributed by atoms with van der Waals surface area (Å²) in [5.41, 5.74) is 2.55. The van der Waals surface area contributed by atoms with Gasteiger partial charge in [0.25, 0.3) is 0 Å². The van der Waals surface area contributed by atoms with Gasteiger partial charge in [-0.2, -0.15) is 5.21 Å². The average molecular weight is 350 g/mol. The standard InChI is InChI=1S/C18H18N6O2/c1-24(2)9-10-25-14-6-3-12(4-7-14)17-15-11-13(18-19-22-23-20-18)5-8-16(15)21-26-17/h3-8,11H,9-10H2,1-2H3,(H,19,20,22,23). The van der Waals surface area contributed by atoms with Crippen molar-refractivity contribution in [2.24, 2.45) is 0 Å². The molecule has 2 aromatic carbocycles. The van der Waals surface area contributed by atoms with Crippen molar-refractivity contribution in [1.82, 2.24) is 30.7 Å². The predicted octanol–water partition coefficient (Wildman–Crippen LogP) is 2.62. The first kappa shape index (κ1) is 16.2. The van der Waals surface area contributed by atoms with Gasteiger partial charge in [0.05, 0.1) is 5.39 Å². The molecule has 0 aliphatic carbocycles. The number of nitrogens with one attached hydrogen (secondary N) is 1. The van der Waals surface area contributed by atoms with Crippen molar-refractivity contribution in [3.63, 3.8) is 0 Å². The van der Waals surface area contributed by atoms with Crippen LogP contribution in [-0.2, 0) is 0 Å². The van der Waals surface area contributed by atoms with E-state index in [4.69, 9.17) is 9.26 Å². The van der Waals surface area contributed by atoms with Crippen molar-refractivity contribution in [2.75, 3.05) is 27.2 Å². The first-order valence-electron chi connectivity index (χ1n) is 8.22. The molecule has 0 bridgehead atoms.